The third-order valence-corrected chi connectivity index (χ3v) is 2.12. The summed E-state index contributed by atoms with van der Waals surface area (Å²) in [4.78, 5) is 0. The molecule has 0 aliphatic carbocycles. The molecule has 0 amide bonds. The highest BCUT2D eigenvalue weighted by atomic mass is 16.5. The molecule has 0 unspecified atom stereocenters. The van der Waals surface area contributed by atoms with Crippen molar-refractivity contribution >= 4 is 10.8 Å². The van der Waals surface area contributed by atoms with Crippen molar-refractivity contribution in [2.24, 2.45) is 0 Å². The van der Waals surface area contributed by atoms with Crippen molar-refractivity contribution < 1.29 is 14.9 Å². The summed E-state index contributed by atoms with van der Waals surface area (Å²) in [5.41, 5.74) is 0. The number of methoxy groups -OCH3 is 1. The van der Waals surface area contributed by atoms with Crippen LogP contribution in [-0.4, -0.2) is 17.3 Å². The summed E-state index contributed by atoms with van der Waals surface area (Å²) in [5.74, 6) is 0.707. The van der Waals surface area contributed by atoms with Gasteiger partial charge in [-0.1, -0.05) is 6.07 Å². The lowest BCUT2D eigenvalue weighted by Gasteiger charge is -2.05. The van der Waals surface area contributed by atoms with E-state index in [-0.39, 0.29) is 11.5 Å². The van der Waals surface area contributed by atoms with Crippen LogP contribution in [0.4, 0.5) is 0 Å². The lowest BCUT2D eigenvalue weighted by Crippen LogP contribution is -1.83. The lowest BCUT2D eigenvalue weighted by molar-refractivity contribution is 0.374. The monoisotopic (exact) mass is 190 g/mol. The van der Waals surface area contributed by atoms with Gasteiger partial charge in [0.15, 0.2) is 11.5 Å². The Morgan fingerprint density at radius 2 is 1.79 bits per heavy atom. The molecule has 0 atom stereocenters. The molecular weight excluding hydrogens is 180 g/mol. The molecule has 0 aliphatic heterocycles. The molecule has 0 saturated heterocycles. The summed E-state index contributed by atoms with van der Waals surface area (Å²) >= 11 is 0. The Morgan fingerprint density at radius 1 is 1.00 bits per heavy atom. The van der Waals surface area contributed by atoms with E-state index >= 15 is 0 Å². The van der Waals surface area contributed by atoms with Crippen LogP contribution in [0.1, 0.15) is 0 Å². The number of ether oxygens (including phenoxy) is 1. The number of fused-ring (bicyclic) bond motifs is 1. The molecule has 72 valence electrons. The second-order valence-corrected chi connectivity index (χ2v) is 3.06. The first-order valence-corrected chi connectivity index (χ1v) is 4.20. The fraction of sp³-hybridized carbons (Fsp3) is 0.0909. The van der Waals surface area contributed by atoms with Gasteiger partial charge in [0.1, 0.15) is 5.75 Å². The summed E-state index contributed by atoms with van der Waals surface area (Å²) in [6.45, 7) is 0. The molecule has 3 nitrogen and oxygen atoms in total. The molecule has 0 bridgehead atoms. The van der Waals surface area contributed by atoms with Gasteiger partial charge >= 0.3 is 0 Å². The van der Waals surface area contributed by atoms with Crippen molar-refractivity contribution in [1.82, 2.24) is 0 Å². The summed E-state index contributed by atoms with van der Waals surface area (Å²) in [6.07, 6.45) is 0. The minimum absolute atomic E-state index is 0.102. The van der Waals surface area contributed by atoms with E-state index in [0.29, 0.717) is 5.75 Å². The number of aromatic hydroxyl groups is 2. The van der Waals surface area contributed by atoms with Crippen molar-refractivity contribution in [2.75, 3.05) is 7.11 Å². The molecule has 2 aromatic carbocycles. The zero-order valence-corrected chi connectivity index (χ0v) is 7.69. The van der Waals surface area contributed by atoms with Crippen molar-refractivity contribution in [2.45, 2.75) is 0 Å². The number of rotatable bonds is 1. The van der Waals surface area contributed by atoms with Crippen LogP contribution in [0.2, 0.25) is 0 Å². The van der Waals surface area contributed by atoms with Gasteiger partial charge in [-0.25, -0.2) is 0 Å². The summed E-state index contributed by atoms with van der Waals surface area (Å²) in [6, 6.07) is 8.23. The van der Waals surface area contributed by atoms with Gasteiger partial charge < -0.3 is 14.9 Å². The predicted molar refractivity (Wildman–Crippen MR) is 53.8 cm³/mol. The van der Waals surface area contributed by atoms with Crippen LogP contribution in [0, 0.1) is 0 Å². The molecule has 2 rings (SSSR count). The van der Waals surface area contributed by atoms with Gasteiger partial charge in [-0.3, -0.25) is 0 Å². The zero-order chi connectivity index (χ0) is 10.1. The Morgan fingerprint density at radius 3 is 2.50 bits per heavy atom. The standard InChI is InChI=1S/C11H10O3/c1-14-11-6-8-4-9(12)3-2-7(8)5-10(11)13/h2-6,12-13H,1H3. The minimum atomic E-state index is 0.102. The van der Waals surface area contributed by atoms with E-state index in [9.17, 15) is 10.2 Å². The molecule has 0 radical (unpaired) electrons. The maximum absolute atomic E-state index is 9.49. The van der Waals surface area contributed by atoms with E-state index in [0.717, 1.165) is 10.8 Å². The van der Waals surface area contributed by atoms with Crippen LogP contribution in [0.3, 0.4) is 0 Å². The Hall–Kier alpha value is -1.90. The maximum Gasteiger partial charge on any atom is 0.161 e. The van der Waals surface area contributed by atoms with Crippen molar-refractivity contribution in [3.05, 3.63) is 30.3 Å². The van der Waals surface area contributed by atoms with Crippen LogP contribution in [0.25, 0.3) is 10.8 Å². The summed E-state index contributed by atoms with van der Waals surface area (Å²) in [7, 11) is 1.49. The molecule has 0 fully saturated rings. The SMILES string of the molecule is COc1cc2cc(O)ccc2cc1O. The highest BCUT2D eigenvalue weighted by Gasteiger charge is 2.03. The molecular formula is C11H10O3. The van der Waals surface area contributed by atoms with Gasteiger partial charge in [-0.15, -0.1) is 0 Å². The molecule has 0 saturated carbocycles. The molecule has 0 spiro atoms. The van der Waals surface area contributed by atoms with Crippen molar-refractivity contribution in [3.63, 3.8) is 0 Å². The van der Waals surface area contributed by atoms with Crippen LogP contribution in [0.5, 0.6) is 17.2 Å². The molecule has 0 aliphatic rings. The van der Waals surface area contributed by atoms with E-state index in [4.69, 9.17) is 4.74 Å². The Kier molecular flexibility index (Phi) is 1.93. The third-order valence-electron chi connectivity index (χ3n) is 2.12. The second kappa shape index (κ2) is 3.10. The predicted octanol–water partition coefficient (Wildman–Crippen LogP) is 2.26. The van der Waals surface area contributed by atoms with Gasteiger partial charge in [-0.05, 0) is 35.0 Å². The van der Waals surface area contributed by atoms with E-state index in [1.54, 1.807) is 30.3 Å². The van der Waals surface area contributed by atoms with Gasteiger partial charge in [0.2, 0.25) is 0 Å². The second-order valence-electron chi connectivity index (χ2n) is 3.06. The van der Waals surface area contributed by atoms with Gasteiger partial charge in [0, 0.05) is 0 Å². The molecule has 14 heavy (non-hydrogen) atoms. The van der Waals surface area contributed by atoms with Gasteiger partial charge in [-0.2, -0.15) is 0 Å². The minimum Gasteiger partial charge on any atom is -0.508 e. The quantitative estimate of drug-likeness (QED) is 0.725. The first kappa shape index (κ1) is 8.69. The van der Waals surface area contributed by atoms with Crippen molar-refractivity contribution in [3.8, 4) is 17.2 Å². The number of phenolic OH excluding ortho intramolecular Hbond substituents is 2. The Bertz CT molecular complexity index is 477. The molecule has 2 aromatic rings. The lowest BCUT2D eigenvalue weighted by atomic mass is 10.1. The number of phenols is 2. The van der Waals surface area contributed by atoms with Crippen LogP contribution < -0.4 is 4.74 Å². The topological polar surface area (TPSA) is 49.7 Å². The third kappa shape index (κ3) is 1.33. The number of benzene rings is 2. The fourth-order valence-electron chi connectivity index (χ4n) is 1.42. The zero-order valence-electron chi connectivity index (χ0n) is 7.69. The normalized spacial score (nSPS) is 10.4. The van der Waals surface area contributed by atoms with Crippen molar-refractivity contribution in [1.29, 1.82) is 0 Å². The number of hydrogen-bond donors (Lipinski definition) is 2. The van der Waals surface area contributed by atoms with E-state index in [1.165, 1.54) is 7.11 Å². The largest absolute Gasteiger partial charge is 0.508 e. The smallest absolute Gasteiger partial charge is 0.161 e. The molecule has 3 heteroatoms. The van der Waals surface area contributed by atoms with Crippen LogP contribution in [0.15, 0.2) is 30.3 Å². The van der Waals surface area contributed by atoms with E-state index in [2.05, 4.69) is 0 Å². The molecule has 0 aromatic heterocycles. The van der Waals surface area contributed by atoms with E-state index < -0.39 is 0 Å². The highest BCUT2D eigenvalue weighted by Crippen LogP contribution is 2.32. The summed E-state index contributed by atoms with van der Waals surface area (Å²) in [5, 5.41) is 20.4. The first-order chi connectivity index (χ1) is 6.70. The van der Waals surface area contributed by atoms with Gasteiger partial charge in [0.05, 0.1) is 7.11 Å². The average molecular weight is 190 g/mol. The Labute approximate surface area is 81.2 Å². The van der Waals surface area contributed by atoms with Gasteiger partial charge in [0.25, 0.3) is 0 Å². The average Bonchev–Trinajstić information content (AvgIpc) is 2.17. The molecule has 2 N–H and O–H groups in total. The summed E-state index contributed by atoms with van der Waals surface area (Å²) < 4.78 is 4.96. The van der Waals surface area contributed by atoms with E-state index in [1.807, 2.05) is 0 Å². The van der Waals surface area contributed by atoms with Crippen LogP contribution >= 0.6 is 0 Å². The maximum atomic E-state index is 9.49. The molecule has 0 heterocycles. The van der Waals surface area contributed by atoms with Crippen LogP contribution in [-0.2, 0) is 0 Å². The highest BCUT2D eigenvalue weighted by molar-refractivity contribution is 5.87. The fourth-order valence-corrected chi connectivity index (χ4v) is 1.42. The Balaban J connectivity index is 2.73. The number of hydrogen-bond acceptors (Lipinski definition) is 3. The first-order valence-electron chi connectivity index (χ1n) is 4.20.